The molecule has 2 rings (SSSR count). The first-order chi connectivity index (χ1) is 8.37. The molecule has 0 saturated carbocycles. The highest BCUT2D eigenvalue weighted by atomic mass is 16.5. The molecule has 4 nitrogen and oxygen atoms in total. The second-order valence-electron chi connectivity index (χ2n) is 5.36. The molecule has 1 amide bonds. The topological polar surface area (TPSA) is 41.6 Å². The van der Waals surface area contributed by atoms with Crippen LogP contribution in [0.4, 0.5) is 11.4 Å². The first-order valence-electron chi connectivity index (χ1n) is 6.16. The second-order valence-corrected chi connectivity index (χ2v) is 5.36. The van der Waals surface area contributed by atoms with Crippen LogP contribution in [0.1, 0.15) is 27.7 Å². The maximum Gasteiger partial charge on any atom is 0.249 e. The van der Waals surface area contributed by atoms with Crippen molar-refractivity contribution in [3.05, 3.63) is 18.2 Å². The molecule has 0 unspecified atom stereocenters. The molecule has 0 fully saturated rings. The van der Waals surface area contributed by atoms with Gasteiger partial charge in [-0.2, -0.15) is 0 Å². The Morgan fingerprint density at radius 3 is 2.56 bits per heavy atom. The lowest BCUT2D eigenvalue weighted by Gasteiger charge is -2.46. The molecule has 0 aliphatic carbocycles. The highest BCUT2D eigenvalue weighted by Crippen LogP contribution is 2.40. The van der Waals surface area contributed by atoms with Gasteiger partial charge in [-0.3, -0.25) is 4.79 Å². The summed E-state index contributed by atoms with van der Waals surface area (Å²) < 4.78 is 5.26. The standard InChI is InChI=1S/C14H20N2O2/c1-9(2)16-12-8-10(18-5)6-7-11(12)15-13(17)14(16,3)4/h6-9H,1-5H3,(H,15,17). The number of nitrogens with zero attached hydrogens (tertiary/aromatic N) is 1. The molecule has 0 saturated heterocycles. The third-order valence-electron chi connectivity index (χ3n) is 3.39. The molecular formula is C14H20N2O2. The van der Waals surface area contributed by atoms with E-state index in [-0.39, 0.29) is 11.9 Å². The number of amides is 1. The molecule has 1 heterocycles. The second kappa shape index (κ2) is 4.19. The zero-order chi connectivity index (χ0) is 13.5. The van der Waals surface area contributed by atoms with Crippen LogP contribution >= 0.6 is 0 Å². The Bertz CT molecular complexity index is 481. The molecular weight excluding hydrogens is 228 g/mol. The molecule has 0 bridgehead atoms. The van der Waals surface area contributed by atoms with E-state index in [9.17, 15) is 4.79 Å². The van der Waals surface area contributed by atoms with E-state index in [1.807, 2.05) is 32.0 Å². The zero-order valence-electron chi connectivity index (χ0n) is 11.6. The summed E-state index contributed by atoms with van der Waals surface area (Å²) in [5.74, 6) is 0.820. The SMILES string of the molecule is COc1ccc2c(c1)N(C(C)C)C(C)(C)C(=O)N2. The van der Waals surface area contributed by atoms with Crippen LogP contribution in [-0.2, 0) is 4.79 Å². The summed E-state index contributed by atoms with van der Waals surface area (Å²) in [5, 5.41) is 2.95. The summed E-state index contributed by atoms with van der Waals surface area (Å²) >= 11 is 0. The first kappa shape index (κ1) is 12.7. The largest absolute Gasteiger partial charge is 0.497 e. The minimum Gasteiger partial charge on any atom is -0.497 e. The van der Waals surface area contributed by atoms with Gasteiger partial charge in [0.25, 0.3) is 0 Å². The van der Waals surface area contributed by atoms with Crippen LogP contribution in [0.3, 0.4) is 0 Å². The van der Waals surface area contributed by atoms with Gasteiger partial charge in [0.1, 0.15) is 11.3 Å². The van der Waals surface area contributed by atoms with Crippen molar-refractivity contribution in [3.8, 4) is 5.75 Å². The molecule has 1 aliphatic heterocycles. The summed E-state index contributed by atoms with van der Waals surface area (Å²) in [5.41, 5.74) is 1.29. The van der Waals surface area contributed by atoms with Crippen molar-refractivity contribution in [1.82, 2.24) is 0 Å². The molecule has 1 aromatic carbocycles. The quantitative estimate of drug-likeness (QED) is 0.874. The number of fused-ring (bicyclic) bond motifs is 1. The number of carbonyl (C=O) groups is 1. The maximum absolute atomic E-state index is 12.2. The third kappa shape index (κ3) is 1.82. The van der Waals surface area contributed by atoms with Crippen LogP contribution in [0.5, 0.6) is 5.75 Å². The van der Waals surface area contributed by atoms with Crippen molar-refractivity contribution in [2.24, 2.45) is 0 Å². The fraction of sp³-hybridized carbons (Fsp3) is 0.500. The summed E-state index contributed by atoms with van der Waals surface area (Å²) in [7, 11) is 1.65. The summed E-state index contributed by atoms with van der Waals surface area (Å²) in [4.78, 5) is 14.3. The molecule has 0 aromatic heterocycles. The molecule has 18 heavy (non-hydrogen) atoms. The van der Waals surface area contributed by atoms with Gasteiger partial charge in [-0.15, -0.1) is 0 Å². The van der Waals surface area contributed by atoms with Crippen LogP contribution in [0.15, 0.2) is 18.2 Å². The van der Waals surface area contributed by atoms with Gasteiger partial charge >= 0.3 is 0 Å². The van der Waals surface area contributed by atoms with E-state index in [4.69, 9.17) is 4.74 Å². The average Bonchev–Trinajstić information content (AvgIpc) is 2.29. The summed E-state index contributed by atoms with van der Waals surface area (Å²) in [6.45, 7) is 8.04. The number of anilines is 2. The van der Waals surface area contributed by atoms with E-state index in [1.54, 1.807) is 7.11 Å². The minimum absolute atomic E-state index is 0.0221. The van der Waals surface area contributed by atoms with Crippen molar-refractivity contribution in [3.63, 3.8) is 0 Å². The van der Waals surface area contributed by atoms with Crippen molar-refractivity contribution in [2.75, 3.05) is 17.3 Å². The summed E-state index contributed by atoms with van der Waals surface area (Å²) in [6, 6.07) is 5.94. The Balaban J connectivity index is 2.59. The number of ether oxygens (including phenoxy) is 1. The predicted molar refractivity (Wildman–Crippen MR) is 73.3 cm³/mol. The predicted octanol–water partition coefficient (Wildman–Crippen LogP) is 2.64. The van der Waals surface area contributed by atoms with Crippen LogP contribution in [0.25, 0.3) is 0 Å². The normalized spacial score (nSPS) is 17.4. The van der Waals surface area contributed by atoms with Crippen LogP contribution < -0.4 is 15.0 Å². The van der Waals surface area contributed by atoms with Gasteiger partial charge in [-0.1, -0.05) is 0 Å². The number of nitrogens with one attached hydrogen (secondary N) is 1. The minimum atomic E-state index is -0.562. The van der Waals surface area contributed by atoms with E-state index < -0.39 is 5.54 Å². The molecule has 0 spiro atoms. The van der Waals surface area contributed by atoms with Crippen molar-refractivity contribution in [1.29, 1.82) is 0 Å². The van der Waals surface area contributed by atoms with Gasteiger partial charge in [0.05, 0.1) is 18.5 Å². The smallest absolute Gasteiger partial charge is 0.249 e. The molecule has 1 aromatic rings. The van der Waals surface area contributed by atoms with E-state index in [0.717, 1.165) is 17.1 Å². The lowest BCUT2D eigenvalue weighted by Crippen LogP contribution is -2.58. The Morgan fingerprint density at radius 1 is 1.33 bits per heavy atom. The Hall–Kier alpha value is -1.71. The molecule has 98 valence electrons. The van der Waals surface area contributed by atoms with E-state index in [2.05, 4.69) is 24.1 Å². The van der Waals surface area contributed by atoms with Gasteiger partial charge in [-0.05, 0) is 39.8 Å². The number of hydrogen-bond acceptors (Lipinski definition) is 3. The fourth-order valence-corrected chi connectivity index (χ4v) is 2.55. The molecule has 0 radical (unpaired) electrons. The van der Waals surface area contributed by atoms with Gasteiger partial charge in [0.15, 0.2) is 0 Å². The Kier molecular flexibility index (Phi) is 2.97. The lowest BCUT2D eigenvalue weighted by molar-refractivity contribution is -0.120. The van der Waals surface area contributed by atoms with E-state index in [1.165, 1.54) is 0 Å². The number of methoxy groups -OCH3 is 1. The van der Waals surface area contributed by atoms with Gasteiger partial charge in [0, 0.05) is 12.1 Å². The van der Waals surface area contributed by atoms with Crippen LogP contribution in [0.2, 0.25) is 0 Å². The van der Waals surface area contributed by atoms with E-state index >= 15 is 0 Å². The van der Waals surface area contributed by atoms with Gasteiger partial charge in [0.2, 0.25) is 5.91 Å². The molecule has 4 heteroatoms. The zero-order valence-corrected chi connectivity index (χ0v) is 11.6. The summed E-state index contributed by atoms with van der Waals surface area (Å²) in [6.07, 6.45) is 0. The number of rotatable bonds is 2. The monoisotopic (exact) mass is 248 g/mol. The highest BCUT2D eigenvalue weighted by molar-refractivity contribution is 6.06. The van der Waals surface area contributed by atoms with Gasteiger partial charge in [-0.25, -0.2) is 0 Å². The number of hydrogen-bond donors (Lipinski definition) is 1. The van der Waals surface area contributed by atoms with Crippen molar-refractivity contribution < 1.29 is 9.53 Å². The van der Waals surface area contributed by atoms with Crippen LogP contribution in [0, 0.1) is 0 Å². The molecule has 1 aliphatic rings. The average molecular weight is 248 g/mol. The number of carbonyl (C=O) groups excluding carboxylic acids is 1. The highest BCUT2D eigenvalue weighted by Gasteiger charge is 2.41. The number of benzene rings is 1. The van der Waals surface area contributed by atoms with Crippen molar-refractivity contribution in [2.45, 2.75) is 39.3 Å². The Morgan fingerprint density at radius 2 is 2.00 bits per heavy atom. The third-order valence-corrected chi connectivity index (χ3v) is 3.39. The first-order valence-corrected chi connectivity index (χ1v) is 6.16. The van der Waals surface area contributed by atoms with Crippen molar-refractivity contribution >= 4 is 17.3 Å². The van der Waals surface area contributed by atoms with Gasteiger partial charge < -0.3 is 15.0 Å². The lowest BCUT2D eigenvalue weighted by atomic mass is 9.94. The van der Waals surface area contributed by atoms with E-state index in [0.29, 0.717) is 0 Å². The molecule has 1 N–H and O–H groups in total. The Labute approximate surface area is 108 Å². The molecule has 0 atom stereocenters. The maximum atomic E-state index is 12.2. The van der Waals surface area contributed by atoms with Crippen LogP contribution in [-0.4, -0.2) is 24.6 Å². The fourth-order valence-electron chi connectivity index (χ4n) is 2.55.